The van der Waals surface area contributed by atoms with Gasteiger partial charge in [-0.25, -0.2) is 0 Å². The lowest BCUT2D eigenvalue weighted by atomic mass is 9.88. The average molecular weight is 271 g/mol. The molecule has 4 heteroatoms. The summed E-state index contributed by atoms with van der Waals surface area (Å²) in [6.07, 6.45) is 0. The smallest absolute Gasteiger partial charge is 0.165 e. The van der Waals surface area contributed by atoms with Crippen molar-refractivity contribution in [3.8, 4) is 11.5 Å². The molecule has 1 aromatic carbocycles. The first-order valence-corrected chi connectivity index (χ1v) is 6.66. The van der Waals surface area contributed by atoms with Gasteiger partial charge in [-0.2, -0.15) is 0 Å². The third-order valence-corrected chi connectivity index (χ3v) is 3.52. The number of benzene rings is 1. The normalized spacial score (nSPS) is 15.9. The highest BCUT2D eigenvalue weighted by molar-refractivity contribution is 6.31. The van der Waals surface area contributed by atoms with Crippen LogP contribution in [0.4, 0.5) is 0 Å². The van der Waals surface area contributed by atoms with E-state index in [4.69, 9.17) is 21.1 Å². The molecule has 100 valence electrons. The van der Waals surface area contributed by atoms with Gasteiger partial charge in [-0.3, -0.25) is 0 Å². The van der Waals surface area contributed by atoms with E-state index in [2.05, 4.69) is 13.8 Å². The topological polar surface area (TPSA) is 38.7 Å². The van der Waals surface area contributed by atoms with Crippen molar-refractivity contribution in [3.63, 3.8) is 0 Å². The number of aliphatic hydroxyl groups is 1. The summed E-state index contributed by atoms with van der Waals surface area (Å²) in [5, 5.41) is 10.0. The predicted molar refractivity (Wildman–Crippen MR) is 72.0 cm³/mol. The fraction of sp³-hybridized carbons (Fsp3) is 0.571. The summed E-state index contributed by atoms with van der Waals surface area (Å²) in [6.45, 7) is 7.33. The quantitative estimate of drug-likeness (QED) is 0.916. The van der Waals surface area contributed by atoms with Gasteiger partial charge in [0.05, 0.1) is 0 Å². The van der Waals surface area contributed by atoms with E-state index >= 15 is 0 Å². The summed E-state index contributed by atoms with van der Waals surface area (Å²) >= 11 is 6.34. The molecule has 1 atom stereocenters. The first-order valence-electron chi connectivity index (χ1n) is 6.29. The zero-order chi connectivity index (χ0) is 13.3. The van der Waals surface area contributed by atoms with Crippen LogP contribution in [0.5, 0.6) is 11.5 Å². The SMILES string of the molecule is CC(C)c1c2c(cc(Cl)c1C(C)CO)OCCO2. The van der Waals surface area contributed by atoms with Crippen LogP contribution in [0.2, 0.25) is 5.02 Å². The van der Waals surface area contributed by atoms with Gasteiger partial charge in [-0.15, -0.1) is 0 Å². The van der Waals surface area contributed by atoms with Crippen LogP contribution in [0, 0.1) is 0 Å². The van der Waals surface area contributed by atoms with E-state index in [-0.39, 0.29) is 18.4 Å². The van der Waals surface area contributed by atoms with Crippen LogP contribution in [0.3, 0.4) is 0 Å². The molecule has 1 heterocycles. The Morgan fingerprint density at radius 1 is 1.22 bits per heavy atom. The molecule has 0 bridgehead atoms. The number of halogens is 1. The number of hydrogen-bond donors (Lipinski definition) is 1. The minimum absolute atomic E-state index is 0.00859. The van der Waals surface area contributed by atoms with Crippen molar-refractivity contribution in [2.75, 3.05) is 19.8 Å². The largest absolute Gasteiger partial charge is 0.486 e. The highest BCUT2D eigenvalue weighted by Gasteiger charge is 2.26. The van der Waals surface area contributed by atoms with Crippen molar-refractivity contribution in [2.24, 2.45) is 0 Å². The maximum absolute atomic E-state index is 9.39. The van der Waals surface area contributed by atoms with E-state index in [1.54, 1.807) is 6.07 Å². The Kier molecular flexibility index (Phi) is 4.03. The van der Waals surface area contributed by atoms with E-state index in [0.29, 0.717) is 24.0 Å². The molecule has 1 aliphatic heterocycles. The van der Waals surface area contributed by atoms with E-state index in [9.17, 15) is 5.11 Å². The zero-order valence-electron chi connectivity index (χ0n) is 11.0. The Balaban J connectivity index is 2.64. The molecule has 0 aromatic heterocycles. The second-order valence-corrected chi connectivity index (χ2v) is 5.36. The molecule has 0 spiro atoms. The van der Waals surface area contributed by atoms with Crippen LogP contribution in [-0.4, -0.2) is 24.9 Å². The van der Waals surface area contributed by atoms with Crippen LogP contribution in [-0.2, 0) is 0 Å². The van der Waals surface area contributed by atoms with Crippen molar-refractivity contribution in [1.82, 2.24) is 0 Å². The van der Waals surface area contributed by atoms with E-state index in [0.717, 1.165) is 16.9 Å². The standard InChI is InChI=1S/C14H19ClO3/c1-8(2)12-13(9(3)7-16)10(15)6-11-14(12)18-5-4-17-11/h6,8-9,16H,4-5,7H2,1-3H3. The highest BCUT2D eigenvalue weighted by atomic mass is 35.5. The molecule has 18 heavy (non-hydrogen) atoms. The molecule has 1 N–H and O–H groups in total. The number of fused-ring (bicyclic) bond motifs is 1. The van der Waals surface area contributed by atoms with Gasteiger partial charge < -0.3 is 14.6 Å². The molecular weight excluding hydrogens is 252 g/mol. The fourth-order valence-corrected chi connectivity index (χ4v) is 2.75. The van der Waals surface area contributed by atoms with E-state index < -0.39 is 0 Å². The molecule has 1 unspecified atom stereocenters. The maximum Gasteiger partial charge on any atom is 0.165 e. The molecule has 3 nitrogen and oxygen atoms in total. The summed E-state index contributed by atoms with van der Waals surface area (Å²) in [7, 11) is 0. The lowest BCUT2D eigenvalue weighted by molar-refractivity contribution is 0.169. The number of aliphatic hydroxyl groups excluding tert-OH is 1. The lowest BCUT2D eigenvalue weighted by Gasteiger charge is -2.27. The molecule has 0 radical (unpaired) electrons. The highest BCUT2D eigenvalue weighted by Crippen LogP contribution is 2.45. The van der Waals surface area contributed by atoms with Crippen molar-refractivity contribution in [1.29, 1.82) is 0 Å². The minimum atomic E-state index is -0.00859. The van der Waals surface area contributed by atoms with Crippen LogP contribution in [0.15, 0.2) is 6.07 Å². The van der Waals surface area contributed by atoms with Crippen molar-refractivity contribution in [3.05, 3.63) is 22.2 Å². The van der Waals surface area contributed by atoms with E-state index in [1.807, 2.05) is 6.92 Å². The number of rotatable bonds is 3. The lowest BCUT2D eigenvalue weighted by Crippen LogP contribution is -2.19. The van der Waals surface area contributed by atoms with Gasteiger partial charge in [0.2, 0.25) is 0 Å². The van der Waals surface area contributed by atoms with Gasteiger partial charge in [0.1, 0.15) is 13.2 Å². The maximum atomic E-state index is 9.39. The van der Waals surface area contributed by atoms with Gasteiger partial charge in [-0.05, 0) is 11.5 Å². The second kappa shape index (κ2) is 5.37. The fourth-order valence-electron chi connectivity index (χ4n) is 2.36. The Morgan fingerprint density at radius 3 is 2.50 bits per heavy atom. The average Bonchev–Trinajstić information content (AvgIpc) is 2.35. The van der Waals surface area contributed by atoms with E-state index in [1.165, 1.54) is 0 Å². The zero-order valence-corrected chi connectivity index (χ0v) is 11.8. The first kappa shape index (κ1) is 13.5. The molecule has 2 rings (SSSR count). The Bertz CT molecular complexity index is 443. The molecule has 0 fully saturated rings. The van der Waals surface area contributed by atoms with Crippen molar-refractivity contribution < 1.29 is 14.6 Å². The Hall–Kier alpha value is -0.930. The number of hydrogen-bond acceptors (Lipinski definition) is 3. The molecule has 0 aliphatic carbocycles. The van der Waals surface area contributed by atoms with Crippen LogP contribution in [0.25, 0.3) is 0 Å². The molecule has 0 saturated carbocycles. The third kappa shape index (κ3) is 2.29. The molecule has 1 aliphatic rings. The van der Waals surface area contributed by atoms with Gasteiger partial charge in [0, 0.05) is 29.2 Å². The summed E-state index contributed by atoms with van der Waals surface area (Å²) < 4.78 is 11.3. The Morgan fingerprint density at radius 2 is 1.89 bits per heavy atom. The summed E-state index contributed by atoms with van der Waals surface area (Å²) in [4.78, 5) is 0. The monoisotopic (exact) mass is 270 g/mol. The molecular formula is C14H19ClO3. The van der Waals surface area contributed by atoms with Gasteiger partial charge in [-0.1, -0.05) is 32.4 Å². The van der Waals surface area contributed by atoms with Crippen LogP contribution < -0.4 is 9.47 Å². The van der Waals surface area contributed by atoms with Crippen molar-refractivity contribution >= 4 is 11.6 Å². The van der Waals surface area contributed by atoms with Crippen LogP contribution in [0.1, 0.15) is 43.7 Å². The molecule has 0 amide bonds. The molecule has 1 aromatic rings. The first-order chi connectivity index (χ1) is 8.56. The summed E-state index contributed by atoms with van der Waals surface area (Å²) in [5.41, 5.74) is 2.03. The van der Waals surface area contributed by atoms with Gasteiger partial charge in [0.25, 0.3) is 0 Å². The summed E-state index contributed by atoms with van der Waals surface area (Å²) in [5.74, 6) is 1.76. The van der Waals surface area contributed by atoms with Crippen LogP contribution >= 0.6 is 11.6 Å². The minimum Gasteiger partial charge on any atom is -0.486 e. The second-order valence-electron chi connectivity index (χ2n) is 4.95. The number of ether oxygens (including phenoxy) is 2. The molecule has 0 saturated heterocycles. The van der Waals surface area contributed by atoms with Gasteiger partial charge in [0.15, 0.2) is 11.5 Å². The summed E-state index contributed by atoms with van der Waals surface area (Å²) in [6, 6.07) is 1.80. The van der Waals surface area contributed by atoms with Gasteiger partial charge >= 0.3 is 0 Å². The third-order valence-electron chi connectivity index (χ3n) is 3.21. The predicted octanol–water partition coefficient (Wildman–Crippen LogP) is 3.33. The Labute approximate surface area is 113 Å². The van der Waals surface area contributed by atoms with Crippen molar-refractivity contribution in [2.45, 2.75) is 32.6 Å².